The molecular weight excluding hydrogens is 280 g/mol. The van der Waals surface area contributed by atoms with Crippen molar-refractivity contribution in [2.75, 3.05) is 6.54 Å². The van der Waals surface area contributed by atoms with Crippen molar-refractivity contribution in [3.8, 4) is 0 Å². The normalized spacial score (nSPS) is 27.6. The van der Waals surface area contributed by atoms with Gasteiger partial charge in [0.1, 0.15) is 6.17 Å². The highest BCUT2D eigenvalue weighted by Gasteiger charge is 2.48. The molecular formula is C17H26N2OS. The van der Waals surface area contributed by atoms with Crippen LogP contribution in [0.1, 0.15) is 57.5 Å². The Morgan fingerprint density at radius 3 is 2.76 bits per heavy atom. The summed E-state index contributed by atoms with van der Waals surface area (Å²) in [5, 5.41) is 5.69. The molecule has 0 aromatic carbocycles. The first-order valence-corrected chi connectivity index (χ1v) is 9.02. The molecule has 1 aromatic rings. The van der Waals surface area contributed by atoms with Gasteiger partial charge < -0.3 is 4.90 Å². The third-order valence-electron chi connectivity index (χ3n) is 4.98. The van der Waals surface area contributed by atoms with E-state index in [2.05, 4.69) is 48.5 Å². The van der Waals surface area contributed by atoms with E-state index in [0.717, 1.165) is 13.0 Å². The highest BCUT2D eigenvalue weighted by atomic mass is 32.1. The van der Waals surface area contributed by atoms with Crippen molar-refractivity contribution in [3.05, 3.63) is 22.4 Å². The Bertz CT molecular complexity index is 493. The van der Waals surface area contributed by atoms with Crippen LogP contribution >= 0.6 is 11.3 Å². The molecule has 116 valence electrons. The monoisotopic (exact) mass is 306 g/mol. The van der Waals surface area contributed by atoms with Gasteiger partial charge >= 0.3 is 0 Å². The van der Waals surface area contributed by atoms with Crippen molar-refractivity contribution in [1.29, 1.82) is 0 Å². The topological polar surface area (TPSA) is 32.3 Å². The van der Waals surface area contributed by atoms with Crippen molar-refractivity contribution in [2.45, 2.75) is 58.7 Å². The SMILES string of the molecule is CCC1(CN2C(=O)C(CC(C)C)NC2c2cccs2)CC1. The minimum atomic E-state index is -0.00949. The smallest absolute Gasteiger partial charge is 0.241 e. The average molecular weight is 306 g/mol. The maximum atomic E-state index is 12.8. The largest absolute Gasteiger partial charge is 0.320 e. The minimum Gasteiger partial charge on any atom is -0.320 e. The molecule has 1 saturated carbocycles. The van der Waals surface area contributed by atoms with Gasteiger partial charge in [0.2, 0.25) is 5.91 Å². The van der Waals surface area contributed by atoms with E-state index in [0.29, 0.717) is 17.2 Å². The molecule has 3 nitrogen and oxygen atoms in total. The lowest BCUT2D eigenvalue weighted by Crippen LogP contribution is -2.36. The van der Waals surface area contributed by atoms with Crippen molar-refractivity contribution in [2.24, 2.45) is 11.3 Å². The third-order valence-corrected chi connectivity index (χ3v) is 5.91. The van der Waals surface area contributed by atoms with E-state index in [1.54, 1.807) is 11.3 Å². The van der Waals surface area contributed by atoms with Gasteiger partial charge in [-0.1, -0.05) is 26.8 Å². The Kier molecular flexibility index (Phi) is 4.10. The van der Waals surface area contributed by atoms with E-state index < -0.39 is 0 Å². The fraction of sp³-hybridized carbons (Fsp3) is 0.706. The Labute approximate surface area is 131 Å². The molecule has 4 heteroatoms. The van der Waals surface area contributed by atoms with Gasteiger partial charge in [-0.2, -0.15) is 0 Å². The maximum absolute atomic E-state index is 12.8. The summed E-state index contributed by atoms with van der Waals surface area (Å²) >= 11 is 1.74. The third kappa shape index (κ3) is 3.02. The lowest BCUT2D eigenvalue weighted by Gasteiger charge is -2.27. The molecule has 0 bridgehead atoms. The van der Waals surface area contributed by atoms with Gasteiger partial charge in [-0.15, -0.1) is 11.3 Å². The average Bonchev–Trinajstić information content (AvgIpc) is 2.89. The predicted octanol–water partition coefficient (Wildman–Crippen LogP) is 3.78. The second kappa shape index (κ2) is 5.73. The van der Waals surface area contributed by atoms with Crippen LogP contribution in [0.15, 0.2) is 17.5 Å². The van der Waals surface area contributed by atoms with Crippen LogP contribution in [0.2, 0.25) is 0 Å². The molecule has 0 radical (unpaired) electrons. The number of nitrogens with zero attached hydrogens (tertiary/aromatic N) is 1. The number of amides is 1. The zero-order valence-electron chi connectivity index (χ0n) is 13.3. The zero-order valence-corrected chi connectivity index (χ0v) is 14.1. The Morgan fingerprint density at radius 2 is 2.24 bits per heavy atom. The molecule has 2 atom stereocenters. The quantitative estimate of drug-likeness (QED) is 0.867. The Morgan fingerprint density at radius 1 is 1.48 bits per heavy atom. The van der Waals surface area contributed by atoms with Gasteiger partial charge in [0.05, 0.1) is 6.04 Å². The lowest BCUT2D eigenvalue weighted by molar-refractivity contribution is -0.131. The summed E-state index contributed by atoms with van der Waals surface area (Å²) in [5.41, 5.74) is 0.402. The van der Waals surface area contributed by atoms with Gasteiger partial charge in [0.15, 0.2) is 0 Å². The van der Waals surface area contributed by atoms with E-state index in [-0.39, 0.29) is 12.2 Å². The predicted molar refractivity (Wildman–Crippen MR) is 87.1 cm³/mol. The zero-order chi connectivity index (χ0) is 15.0. The number of nitrogens with one attached hydrogen (secondary N) is 1. The molecule has 2 heterocycles. The van der Waals surface area contributed by atoms with Crippen molar-refractivity contribution in [3.63, 3.8) is 0 Å². The lowest BCUT2D eigenvalue weighted by atomic mass is 10.0. The van der Waals surface area contributed by atoms with Gasteiger partial charge in [0.25, 0.3) is 0 Å². The molecule has 0 spiro atoms. The van der Waals surface area contributed by atoms with Crippen LogP contribution in [-0.4, -0.2) is 23.4 Å². The molecule has 1 saturated heterocycles. The number of carbonyl (C=O) groups excluding carboxylic acids is 1. The highest BCUT2D eigenvalue weighted by molar-refractivity contribution is 7.10. The molecule has 1 N–H and O–H groups in total. The Hall–Kier alpha value is -0.870. The summed E-state index contributed by atoms with van der Waals surface area (Å²) < 4.78 is 0. The van der Waals surface area contributed by atoms with E-state index in [9.17, 15) is 4.79 Å². The standard InChI is InChI=1S/C17H26N2OS/c1-4-17(7-8-17)11-19-15(14-6-5-9-21-14)18-13(16(19)20)10-12(2)3/h5-6,9,12-13,15,18H,4,7-8,10-11H2,1-3H3. The first-order chi connectivity index (χ1) is 10.0. The summed E-state index contributed by atoms with van der Waals surface area (Å²) in [6, 6.07) is 4.21. The van der Waals surface area contributed by atoms with E-state index >= 15 is 0 Å². The second-order valence-corrected chi connectivity index (χ2v) is 8.07. The summed E-state index contributed by atoms with van der Waals surface area (Å²) in [6.07, 6.45) is 4.75. The van der Waals surface area contributed by atoms with E-state index in [4.69, 9.17) is 0 Å². The van der Waals surface area contributed by atoms with Crippen LogP contribution in [0.4, 0.5) is 0 Å². The van der Waals surface area contributed by atoms with Crippen LogP contribution in [0, 0.1) is 11.3 Å². The number of hydrogen-bond acceptors (Lipinski definition) is 3. The number of thiophene rings is 1. The minimum absolute atomic E-state index is 0.00949. The fourth-order valence-corrected chi connectivity index (χ4v) is 4.13. The van der Waals surface area contributed by atoms with Crippen LogP contribution in [0.5, 0.6) is 0 Å². The summed E-state index contributed by atoms with van der Waals surface area (Å²) in [4.78, 5) is 16.2. The number of carbonyl (C=O) groups is 1. The van der Waals surface area contributed by atoms with E-state index in [1.165, 1.54) is 24.1 Å². The molecule has 1 aliphatic carbocycles. The molecule has 1 aromatic heterocycles. The van der Waals surface area contributed by atoms with E-state index in [1.807, 2.05) is 0 Å². The summed E-state index contributed by atoms with van der Waals surface area (Å²) in [6.45, 7) is 7.55. The number of hydrogen-bond donors (Lipinski definition) is 1. The second-order valence-electron chi connectivity index (χ2n) is 7.09. The maximum Gasteiger partial charge on any atom is 0.241 e. The van der Waals surface area contributed by atoms with Crippen LogP contribution in [0.3, 0.4) is 0 Å². The molecule has 3 rings (SSSR count). The Balaban J connectivity index is 1.80. The molecule has 1 aliphatic heterocycles. The van der Waals surface area contributed by atoms with Gasteiger partial charge in [-0.25, -0.2) is 0 Å². The van der Waals surface area contributed by atoms with Crippen LogP contribution in [-0.2, 0) is 4.79 Å². The fourth-order valence-electron chi connectivity index (χ4n) is 3.33. The van der Waals surface area contributed by atoms with Gasteiger partial charge in [-0.3, -0.25) is 10.1 Å². The van der Waals surface area contributed by atoms with Crippen molar-refractivity contribution >= 4 is 17.2 Å². The molecule has 2 aliphatic rings. The van der Waals surface area contributed by atoms with Crippen LogP contribution in [0.25, 0.3) is 0 Å². The first kappa shape index (κ1) is 15.0. The molecule has 21 heavy (non-hydrogen) atoms. The molecule has 2 unspecified atom stereocenters. The summed E-state index contributed by atoms with van der Waals surface area (Å²) in [7, 11) is 0. The molecule has 2 fully saturated rings. The van der Waals surface area contributed by atoms with Crippen molar-refractivity contribution < 1.29 is 4.79 Å². The van der Waals surface area contributed by atoms with Crippen molar-refractivity contribution in [1.82, 2.24) is 10.2 Å². The highest BCUT2D eigenvalue weighted by Crippen LogP contribution is 2.50. The van der Waals surface area contributed by atoms with Crippen LogP contribution < -0.4 is 5.32 Å². The summed E-state index contributed by atoms with van der Waals surface area (Å²) in [5.74, 6) is 0.846. The van der Waals surface area contributed by atoms with Gasteiger partial charge in [0, 0.05) is 11.4 Å². The number of rotatable bonds is 6. The van der Waals surface area contributed by atoms with Gasteiger partial charge in [-0.05, 0) is 48.5 Å². The molecule has 1 amide bonds. The first-order valence-electron chi connectivity index (χ1n) is 8.14.